The summed E-state index contributed by atoms with van der Waals surface area (Å²) in [5, 5.41) is 7.16. The number of likely N-dealkylation sites (tertiary alicyclic amines) is 1. The first-order valence-corrected chi connectivity index (χ1v) is 9.53. The molecule has 2 aromatic heterocycles. The highest BCUT2D eigenvalue weighted by Crippen LogP contribution is 2.62. The fourth-order valence-electron chi connectivity index (χ4n) is 5.42. The Labute approximate surface area is 160 Å². The summed E-state index contributed by atoms with van der Waals surface area (Å²) >= 11 is 0. The number of aromatic nitrogens is 4. The van der Waals surface area contributed by atoms with E-state index in [1.54, 1.807) is 12.4 Å². The van der Waals surface area contributed by atoms with E-state index in [0.717, 1.165) is 25.2 Å². The average Bonchev–Trinajstić information content (AvgIpc) is 3.18. The van der Waals surface area contributed by atoms with Gasteiger partial charge in [-0.05, 0) is 44.0 Å². The zero-order chi connectivity index (χ0) is 19.2. The Kier molecular flexibility index (Phi) is 4.29. The molecule has 0 spiro atoms. The largest absolute Gasteiger partial charge is 0.341 e. The lowest BCUT2D eigenvalue weighted by Gasteiger charge is -2.57. The number of hydrogen-bond donors (Lipinski definition) is 1. The predicted octanol–water partition coefficient (Wildman–Crippen LogP) is 1.85. The third-order valence-corrected chi connectivity index (χ3v) is 6.17. The molecule has 7 heteroatoms. The average molecular weight is 368 g/mol. The lowest BCUT2D eigenvalue weighted by atomic mass is 9.48. The lowest BCUT2D eigenvalue weighted by Crippen LogP contribution is -2.57. The Hall–Kier alpha value is -2.28. The molecule has 0 aromatic carbocycles. The van der Waals surface area contributed by atoms with Gasteiger partial charge in [0.15, 0.2) is 5.82 Å². The van der Waals surface area contributed by atoms with Crippen molar-refractivity contribution in [2.75, 3.05) is 33.7 Å². The molecule has 1 aliphatic heterocycles. The first-order valence-electron chi connectivity index (χ1n) is 9.53. The molecule has 144 valence electrons. The van der Waals surface area contributed by atoms with Gasteiger partial charge in [0.2, 0.25) is 5.91 Å². The van der Waals surface area contributed by atoms with Crippen molar-refractivity contribution in [3.8, 4) is 11.4 Å². The Morgan fingerprint density at radius 3 is 2.74 bits per heavy atom. The van der Waals surface area contributed by atoms with Gasteiger partial charge in [0.25, 0.3) is 0 Å². The van der Waals surface area contributed by atoms with Crippen molar-refractivity contribution in [3.05, 3.63) is 30.4 Å². The minimum atomic E-state index is 0.135. The second-order valence-electron chi connectivity index (χ2n) is 9.11. The van der Waals surface area contributed by atoms with Gasteiger partial charge < -0.3 is 9.80 Å². The van der Waals surface area contributed by atoms with Crippen molar-refractivity contribution >= 4 is 5.91 Å². The summed E-state index contributed by atoms with van der Waals surface area (Å²) in [6.45, 7) is 7.40. The minimum Gasteiger partial charge on any atom is -0.341 e. The molecular weight excluding hydrogens is 340 g/mol. The van der Waals surface area contributed by atoms with Crippen LogP contribution in [0, 0.1) is 16.7 Å². The summed E-state index contributed by atoms with van der Waals surface area (Å²) in [5.74, 6) is 1.92. The number of nitrogens with zero attached hydrogens (tertiary/aromatic N) is 5. The topological polar surface area (TPSA) is 78.0 Å². The predicted molar refractivity (Wildman–Crippen MR) is 103 cm³/mol. The van der Waals surface area contributed by atoms with Crippen molar-refractivity contribution in [1.29, 1.82) is 0 Å². The molecule has 0 radical (unpaired) electrons. The molecule has 4 rings (SSSR count). The molecule has 27 heavy (non-hydrogen) atoms. The molecule has 2 fully saturated rings. The van der Waals surface area contributed by atoms with Gasteiger partial charge in [-0.25, -0.2) is 4.98 Å². The van der Waals surface area contributed by atoms with Crippen molar-refractivity contribution < 1.29 is 4.79 Å². The van der Waals surface area contributed by atoms with Crippen molar-refractivity contribution in [1.82, 2.24) is 30.0 Å². The maximum absolute atomic E-state index is 12.9. The van der Waals surface area contributed by atoms with E-state index in [0.29, 0.717) is 23.0 Å². The number of pyridine rings is 1. The van der Waals surface area contributed by atoms with E-state index in [-0.39, 0.29) is 17.7 Å². The summed E-state index contributed by atoms with van der Waals surface area (Å²) in [6.07, 6.45) is 4.87. The molecule has 1 saturated carbocycles. The zero-order valence-electron chi connectivity index (χ0n) is 16.6. The van der Waals surface area contributed by atoms with Crippen LogP contribution in [-0.2, 0) is 11.2 Å². The van der Waals surface area contributed by atoms with Gasteiger partial charge in [-0.3, -0.25) is 14.9 Å². The molecule has 1 aliphatic carbocycles. The molecule has 1 saturated heterocycles. The van der Waals surface area contributed by atoms with E-state index in [9.17, 15) is 4.79 Å². The van der Waals surface area contributed by atoms with Crippen molar-refractivity contribution in [2.45, 2.75) is 26.7 Å². The van der Waals surface area contributed by atoms with Gasteiger partial charge in [-0.1, -0.05) is 13.8 Å². The monoisotopic (exact) mass is 368 g/mol. The fourth-order valence-corrected chi connectivity index (χ4v) is 5.42. The quantitative estimate of drug-likeness (QED) is 0.871. The summed E-state index contributed by atoms with van der Waals surface area (Å²) in [7, 11) is 4.24. The second-order valence-corrected chi connectivity index (χ2v) is 9.11. The zero-order valence-corrected chi connectivity index (χ0v) is 16.6. The van der Waals surface area contributed by atoms with Gasteiger partial charge >= 0.3 is 0 Å². The Bertz CT molecular complexity index is 826. The van der Waals surface area contributed by atoms with Gasteiger partial charge in [0.1, 0.15) is 5.82 Å². The molecule has 1 N–H and O–H groups in total. The Morgan fingerprint density at radius 1 is 1.33 bits per heavy atom. The third-order valence-electron chi connectivity index (χ3n) is 6.17. The maximum Gasteiger partial charge on any atom is 0.230 e. The first-order chi connectivity index (χ1) is 12.8. The van der Waals surface area contributed by atoms with Gasteiger partial charge in [-0.15, -0.1) is 0 Å². The highest BCUT2D eigenvalue weighted by Gasteiger charge is 2.63. The highest BCUT2D eigenvalue weighted by atomic mass is 16.2. The van der Waals surface area contributed by atoms with E-state index in [4.69, 9.17) is 0 Å². The van der Waals surface area contributed by atoms with Crippen LogP contribution < -0.4 is 0 Å². The molecule has 3 heterocycles. The Balaban J connectivity index is 1.44. The van der Waals surface area contributed by atoms with Gasteiger partial charge in [0.05, 0.1) is 6.42 Å². The van der Waals surface area contributed by atoms with Crippen LogP contribution in [0.15, 0.2) is 24.5 Å². The van der Waals surface area contributed by atoms with Crippen LogP contribution in [0.2, 0.25) is 0 Å². The number of carbonyl (C=O) groups is 1. The number of nitrogens with one attached hydrogen (secondary N) is 1. The van der Waals surface area contributed by atoms with Crippen molar-refractivity contribution in [3.63, 3.8) is 0 Å². The molecule has 0 bridgehead atoms. The summed E-state index contributed by atoms with van der Waals surface area (Å²) in [4.78, 5) is 25.7. The van der Waals surface area contributed by atoms with Crippen LogP contribution in [0.3, 0.4) is 0 Å². The van der Waals surface area contributed by atoms with Crippen molar-refractivity contribution in [2.24, 2.45) is 16.7 Å². The number of aromatic amines is 1. The van der Waals surface area contributed by atoms with E-state index in [1.165, 1.54) is 6.42 Å². The molecule has 2 atom stereocenters. The molecule has 0 unspecified atom stereocenters. The summed E-state index contributed by atoms with van der Waals surface area (Å²) in [6, 6.07) is 3.72. The summed E-state index contributed by atoms with van der Waals surface area (Å²) in [5.41, 5.74) is 1.45. The van der Waals surface area contributed by atoms with E-state index < -0.39 is 0 Å². The van der Waals surface area contributed by atoms with Gasteiger partial charge in [0, 0.05) is 43.0 Å². The third kappa shape index (κ3) is 3.25. The fraction of sp³-hybridized carbons (Fsp3) is 0.600. The highest BCUT2D eigenvalue weighted by molar-refractivity contribution is 5.78. The molecular formula is C20H28N6O. The second kappa shape index (κ2) is 6.41. The molecule has 2 aromatic rings. The number of fused-ring (bicyclic) bond motifs is 1. The Morgan fingerprint density at radius 2 is 2.07 bits per heavy atom. The van der Waals surface area contributed by atoms with Crippen LogP contribution in [-0.4, -0.2) is 69.6 Å². The van der Waals surface area contributed by atoms with E-state index in [1.807, 2.05) is 17.0 Å². The lowest BCUT2D eigenvalue weighted by molar-refractivity contribution is -0.130. The molecule has 7 nitrogen and oxygen atoms in total. The normalized spacial score (nSPS) is 26.1. The number of H-pyrrole nitrogens is 1. The summed E-state index contributed by atoms with van der Waals surface area (Å²) < 4.78 is 0. The van der Waals surface area contributed by atoms with E-state index >= 15 is 0 Å². The number of hydrogen-bond acceptors (Lipinski definition) is 5. The molecule has 1 amide bonds. The van der Waals surface area contributed by atoms with Crippen LogP contribution in [0.25, 0.3) is 11.4 Å². The first kappa shape index (κ1) is 18.1. The van der Waals surface area contributed by atoms with Crippen LogP contribution >= 0.6 is 0 Å². The maximum atomic E-state index is 12.9. The number of carbonyl (C=O) groups excluding carboxylic acids is 1. The van der Waals surface area contributed by atoms with Crippen LogP contribution in [0.1, 0.15) is 26.1 Å². The minimum absolute atomic E-state index is 0.135. The number of rotatable bonds is 5. The van der Waals surface area contributed by atoms with Crippen LogP contribution in [0.4, 0.5) is 0 Å². The van der Waals surface area contributed by atoms with E-state index in [2.05, 4.69) is 53.0 Å². The SMILES string of the molecule is CN(C)C[C@@]12CN(C(=O)Cc3nc(-c4ccncc4)n[nH]3)C[C@@H]1C(C)(C)C2. The smallest absolute Gasteiger partial charge is 0.230 e. The standard InChI is InChI=1S/C20H28N6O/c1-19(2)11-20(12-25(3)4)13-26(10-15(19)20)17(27)9-16-22-18(24-23-16)14-5-7-21-8-6-14/h5-8,15H,9-13H2,1-4H3,(H,22,23,24)/t15-,20+/m1/s1. The van der Waals surface area contributed by atoms with Gasteiger partial charge in [-0.2, -0.15) is 5.10 Å². The molecule has 2 aliphatic rings. The van der Waals surface area contributed by atoms with Crippen LogP contribution in [0.5, 0.6) is 0 Å². The number of amides is 1.